The standard InChI is InChI=1S/C11H24N4O/c1-10-6-4-3-5-8-15(10)11(14-12)13-7-9-16-2/h10H,3-9,12H2,1-2H3,(H,13,14). The maximum atomic E-state index is 5.54. The number of ether oxygens (including phenoxy) is 1. The van der Waals surface area contributed by atoms with E-state index in [0.717, 1.165) is 12.5 Å². The molecule has 94 valence electrons. The van der Waals surface area contributed by atoms with E-state index in [-0.39, 0.29) is 0 Å². The number of aliphatic imine (C=N–C) groups is 1. The van der Waals surface area contributed by atoms with Crippen molar-refractivity contribution in [2.24, 2.45) is 10.8 Å². The third-order valence-corrected chi connectivity index (χ3v) is 3.01. The molecule has 1 unspecified atom stereocenters. The zero-order valence-electron chi connectivity index (χ0n) is 10.4. The van der Waals surface area contributed by atoms with E-state index in [4.69, 9.17) is 10.6 Å². The molecule has 1 atom stereocenters. The number of hydrogen-bond acceptors (Lipinski definition) is 3. The lowest BCUT2D eigenvalue weighted by Gasteiger charge is -2.29. The molecular weight excluding hydrogens is 204 g/mol. The quantitative estimate of drug-likeness (QED) is 0.246. The summed E-state index contributed by atoms with van der Waals surface area (Å²) >= 11 is 0. The molecule has 1 saturated heterocycles. The minimum Gasteiger partial charge on any atom is -0.383 e. The molecule has 16 heavy (non-hydrogen) atoms. The second-order valence-corrected chi connectivity index (χ2v) is 4.23. The third-order valence-electron chi connectivity index (χ3n) is 3.01. The van der Waals surface area contributed by atoms with Gasteiger partial charge in [0.1, 0.15) is 0 Å². The van der Waals surface area contributed by atoms with Crippen LogP contribution in [0.1, 0.15) is 32.6 Å². The first kappa shape index (κ1) is 13.3. The van der Waals surface area contributed by atoms with Crippen LogP contribution in [0.5, 0.6) is 0 Å². The molecule has 0 radical (unpaired) electrons. The summed E-state index contributed by atoms with van der Waals surface area (Å²) < 4.78 is 4.98. The average Bonchev–Trinajstić information content (AvgIpc) is 2.50. The summed E-state index contributed by atoms with van der Waals surface area (Å²) in [6, 6.07) is 0.514. The Hall–Kier alpha value is -0.810. The highest BCUT2D eigenvalue weighted by Crippen LogP contribution is 2.16. The SMILES string of the molecule is COCCN=C(NN)N1CCCCCC1C. The topological polar surface area (TPSA) is 62.9 Å². The van der Waals surface area contributed by atoms with Gasteiger partial charge >= 0.3 is 0 Å². The number of hydrogen-bond donors (Lipinski definition) is 2. The van der Waals surface area contributed by atoms with Crippen LogP contribution in [0.3, 0.4) is 0 Å². The number of nitrogens with two attached hydrogens (primary N) is 1. The summed E-state index contributed by atoms with van der Waals surface area (Å²) in [4.78, 5) is 6.70. The Kier molecular flexibility index (Phi) is 6.18. The van der Waals surface area contributed by atoms with Gasteiger partial charge < -0.3 is 9.64 Å². The molecule has 1 aliphatic rings. The van der Waals surface area contributed by atoms with Gasteiger partial charge in [-0.2, -0.15) is 0 Å². The van der Waals surface area contributed by atoms with Gasteiger partial charge in [-0.15, -0.1) is 0 Å². The van der Waals surface area contributed by atoms with Gasteiger partial charge in [0, 0.05) is 19.7 Å². The molecule has 1 aliphatic heterocycles. The van der Waals surface area contributed by atoms with Crippen LogP contribution in [-0.2, 0) is 4.74 Å². The molecular formula is C11H24N4O. The molecule has 0 bridgehead atoms. The predicted octanol–water partition coefficient (Wildman–Crippen LogP) is 0.717. The lowest BCUT2D eigenvalue weighted by molar-refractivity contribution is 0.207. The van der Waals surface area contributed by atoms with Crippen LogP contribution in [-0.4, -0.2) is 43.7 Å². The van der Waals surface area contributed by atoms with Crippen LogP contribution < -0.4 is 11.3 Å². The lowest BCUT2D eigenvalue weighted by Crippen LogP contribution is -2.48. The molecule has 0 aromatic carbocycles. The fraction of sp³-hybridized carbons (Fsp3) is 0.909. The van der Waals surface area contributed by atoms with E-state index >= 15 is 0 Å². The van der Waals surface area contributed by atoms with E-state index in [2.05, 4.69) is 22.2 Å². The van der Waals surface area contributed by atoms with Crippen molar-refractivity contribution in [1.29, 1.82) is 0 Å². The van der Waals surface area contributed by atoms with Crippen molar-refractivity contribution in [2.75, 3.05) is 26.8 Å². The van der Waals surface area contributed by atoms with Crippen LogP contribution in [0.4, 0.5) is 0 Å². The highest BCUT2D eigenvalue weighted by Gasteiger charge is 2.19. The van der Waals surface area contributed by atoms with Crippen molar-refractivity contribution in [2.45, 2.75) is 38.6 Å². The fourth-order valence-corrected chi connectivity index (χ4v) is 2.05. The lowest BCUT2D eigenvalue weighted by atomic mass is 10.1. The Morgan fingerprint density at radius 1 is 1.50 bits per heavy atom. The van der Waals surface area contributed by atoms with Crippen molar-refractivity contribution >= 4 is 5.96 Å². The maximum absolute atomic E-state index is 5.54. The third kappa shape index (κ3) is 3.98. The van der Waals surface area contributed by atoms with E-state index in [9.17, 15) is 0 Å². The largest absolute Gasteiger partial charge is 0.383 e. The number of nitrogens with zero attached hydrogens (tertiary/aromatic N) is 2. The first-order chi connectivity index (χ1) is 7.79. The molecule has 1 heterocycles. The summed E-state index contributed by atoms with van der Waals surface area (Å²) in [5, 5.41) is 0. The van der Waals surface area contributed by atoms with Crippen molar-refractivity contribution in [1.82, 2.24) is 10.3 Å². The molecule has 1 fully saturated rings. The van der Waals surface area contributed by atoms with Gasteiger partial charge in [-0.05, 0) is 19.8 Å². The second-order valence-electron chi connectivity index (χ2n) is 4.23. The summed E-state index contributed by atoms with van der Waals surface area (Å²) in [5.41, 5.74) is 2.71. The van der Waals surface area contributed by atoms with Gasteiger partial charge in [-0.25, -0.2) is 10.8 Å². The molecule has 5 nitrogen and oxygen atoms in total. The second kappa shape index (κ2) is 7.46. The molecule has 3 N–H and O–H groups in total. The van der Waals surface area contributed by atoms with Crippen molar-refractivity contribution < 1.29 is 4.74 Å². The van der Waals surface area contributed by atoms with Gasteiger partial charge in [0.2, 0.25) is 5.96 Å². The Morgan fingerprint density at radius 2 is 2.31 bits per heavy atom. The smallest absolute Gasteiger partial charge is 0.208 e. The van der Waals surface area contributed by atoms with Gasteiger partial charge in [0.15, 0.2) is 0 Å². The molecule has 0 aromatic heterocycles. The van der Waals surface area contributed by atoms with E-state index < -0.39 is 0 Å². The van der Waals surface area contributed by atoms with Crippen LogP contribution in [0.15, 0.2) is 4.99 Å². The molecule has 0 spiro atoms. The van der Waals surface area contributed by atoms with E-state index in [1.165, 1.54) is 25.7 Å². The molecule has 0 saturated carbocycles. The fourth-order valence-electron chi connectivity index (χ4n) is 2.05. The number of nitrogens with one attached hydrogen (secondary N) is 1. The van der Waals surface area contributed by atoms with E-state index in [1.54, 1.807) is 7.11 Å². The van der Waals surface area contributed by atoms with Crippen molar-refractivity contribution in [3.63, 3.8) is 0 Å². The number of rotatable bonds is 3. The Balaban J connectivity index is 2.57. The first-order valence-electron chi connectivity index (χ1n) is 6.06. The number of guanidine groups is 1. The van der Waals surface area contributed by atoms with Crippen LogP contribution in [0.2, 0.25) is 0 Å². The monoisotopic (exact) mass is 228 g/mol. The van der Waals surface area contributed by atoms with Crippen molar-refractivity contribution in [3.8, 4) is 0 Å². The molecule has 0 amide bonds. The van der Waals surface area contributed by atoms with Crippen molar-refractivity contribution in [3.05, 3.63) is 0 Å². The van der Waals surface area contributed by atoms with Gasteiger partial charge in [-0.1, -0.05) is 12.8 Å². The number of hydrazine groups is 1. The van der Waals surface area contributed by atoms with E-state index in [0.29, 0.717) is 19.2 Å². The number of likely N-dealkylation sites (tertiary alicyclic amines) is 1. The Labute approximate surface area is 98.0 Å². The summed E-state index contributed by atoms with van der Waals surface area (Å²) in [6.07, 6.45) is 5.03. The minimum atomic E-state index is 0.514. The molecule has 1 rings (SSSR count). The highest BCUT2D eigenvalue weighted by atomic mass is 16.5. The van der Waals surface area contributed by atoms with E-state index in [1.807, 2.05) is 0 Å². The Morgan fingerprint density at radius 3 is 3.00 bits per heavy atom. The number of methoxy groups -OCH3 is 1. The maximum Gasteiger partial charge on any atom is 0.208 e. The average molecular weight is 228 g/mol. The van der Waals surface area contributed by atoms with Gasteiger partial charge in [0.25, 0.3) is 0 Å². The molecule has 0 aliphatic carbocycles. The van der Waals surface area contributed by atoms with Crippen LogP contribution >= 0.6 is 0 Å². The molecule has 0 aromatic rings. The first-order valence-corrected chi connectivity index (χ1v) is 6.06. The van der Waals surface area contributed by atoms with Crippen LogP contribution in [0.25, 0.3) is 0 Å². The summed E-state index contributed by atoms with van der Waals surface area (Å²) in [6.45, 7) is 4.55. The predicted molar refractivity (Wildman–Crippen MR) is 66.1 cm³/mol. The normalized spacial score (nSPS) is 23.1. The summed E-state index contributed by atoms with van der Waals surface area (Å²) in [7, 11) is 1.68. The Bertz CT molecular complexity index is 220. The van der Waals surface area contributed by atoms with Gasteiger partial charge in [-0.3, -0.25) is 5.43 Å². The zero-order valence-corrected chi connectivity index (χ0v) is 10.4. The van der Waals surface area contributed by atoms with Gasteiger partial charge in [0.05, 0.1) is 13.2 Å². The minimum absolute atomic E-state index is 0.514. The van der Waals surface area contributed by atoms with Crippen LogP contribution in [0, 0.1) is 0 Å². The molecule has 5 heteroatoms. The summed E-state index contributed by atoms with van der Waals surface area (Å²) in [5.74, 6) is 6.33. The highest BCUT2D eigenvalue weighted by molar-refractivity contribution is 5.79. The zero-order chi connectivity index (χ0) is 11.8.